The van der Waals surface area contributed by atoms with Gasteiger partial charge in [0.1, 0.15) is 34.2 Å². The van der Waals surface area contributed by atoms with Crippen molar-refractivity contribution in [1.82, 2.24) is 117 Å². The molecule has 40 nitrogen and oxygen atoms in total. The number of piperidine rings is 4. The van der Waals surface area contributed by atoms with Crippen LogP contribution in [0.25, 0.3) is 66.2 Å². The summed E-state index contributed by atoms with van der Waals surface area (Å²) in [7, 11) is 5.75. The van der Waals surface area contributed by atoms with Crippen molar-refractivity contribution in [1.29, 1.82) is 0 Å². The van der Waals surface area contributed by atoms with Gasteiger partial charge in [-0.2, -0.15) is 38.5 Å². The summed E-state index contributed by atoms with van der Waals surface area (Å²) in [6, 6.07) is 10.7. The van der Waals surface area contributed by atoms with Crippen molar-refractivity contribution in [2.75, 3.05) is 123 Å². The number of anilines is 8. The molecule has 11 atom stereocenters. The average molecular weight is 1830 g/mol. The zero-order valence-electron chi connectivity index (χ0n) is 76.0. The second kappa shape index (κ2) is 37.4. The number of nitrogen functional groups attached to an aromatic ring is 4. The number of nitrogens with zero attached hydrogens (tertiary/aromatic N) is 28. The van der Waals surface area contributed by atoms with Gasteiger partial charge in [-0.25, -0.2) is 57.4 Å². The van der Waals surface area contributed by atoms with Crippen molar-refractivity contribution >= 4 is 113 Å². The van der Waals surface area contributed by atoms with E-state index < -0.39 is 47.2 Å². The van der Waals surface area contributed by atoms with Crippen molar-refractivity contribution in [3.05, 3.63) is 145 Å². The van der Waals surface area contributed by atoms with Crippen molar-refractivity contribution < 1.29 is 56.9 Å². The summed E-state index contributed by atoms with van der Waals surface area (Å²) < 4.78 is 90.9. The predicted molar refractivity (Wildman–Crippen MR) is 493 cm³/mol. The van der Waals surface area contributed by atoms with Crippen molar-refractivity contribution in [2.24, 2.45) is 0 Å². The van der Waals surface area contributed by atoms with Gasteiger partial charge in [0, 0.05) is 136 Å². The van der Waals surface area contributed by atoms with E-state index in [0.29, 0.717) is 127 Å². The first-order valence-corrected chi connectivity index (χ1v) is 44.5. The van der Waals surface area contributed by atoms with Gasteiger partial charge in [0.2, 0.25) is 23.8 Å². The maximum atomic E-state index is 14.4. The average Bonchev–Trinajstić information content (AvgIpc) is 1.64. The Balaban J connectivity index is 0.000000124. The third-order valence-electron chi connectivity index (χ3n) is 25.9. The molecule has 44 heteroatoms. The molecule has 133 heavy (non-hydrogen) atoms. The molecule has 16 aromatic rings. The molecule has 0 saturated carbocycles. The van der Waals surface area contributed by atoms with Crippen molar-refractivity contribution in [3.8, 4) is 23.0 Å². The molecule has 0 spiro atoms. The fourth-order valence-corrected chi connectivity index (χ4v) is 17.5. The second-order valence-corrected chi connectivity index (χ2v) is 35.1. The summed E-state index contributed by atoms with van der Waals surface area (Å²) >= 11 is 0. The lowest BCUT2D eigenvalue weighted by molar-refractivity contribution is 0.0345. The lowest BCUT2D eigenvalue weighted by atomic mass is 9.97. The first-order chi connectivity index (χ1) is 63.8. The van der Waals surface area contributed by atoms with Crippen LogP contribution in [-0.2, 0) is 6.54 Å². The number of hydrogen-bond acceptors (Lipinski definition) is 32. The highest BCUT2D eigenvalue weighted by Crippen LogP contribution is 2.40. The zero-order chi connectivity index (χ0) is 93.9. The van der Waals surface area contributed by atoms with Gasteiger partial charge >= 0.3 is 0 Å². The van der Waals surface area contributed by atoms with Gasteiger partial charge in [0.25, 0.3) is 0 Å². The number of ether oxygens (including phenoxy) is 4. The first-order valence-electron chi connectivity index (χ1n) is 44.5. The zero-order valence-corrected chi connectivity index (χ0v) is 76.0. The molecule has 4 aliphatic rings. The third-order valence-corrected chi connectivity index (χ3v) is 25.9. The molecular weight excluding hydrogens is 1720 g/mol. The van der Waals surface area contributed by atoms with E-state index in [1.54, 1.807) is 39.5 Å². The van der Waals surface area contributed by atoms with Crippen LogP contribution in [0.5, 0.6) is 23.0 Å². The first kappa shape index (κ1) is 91.0. The van der Waals surface area contributed by atoms with Gasteiger partial charge in [-0.15, -0.1) is 20.4 Å². The Morgan fingerprint density at radius 1 is 0.398 bits per heavy atom. The molecule has 0 unspecified atom stereocenters. The minimum atomic E-state index is -0.797. The molecule has 0 amide bonds. The van der Waals surface area contributed by atoms with E-state index in [2.05, 4.69) is 80.3 Å². The molecular formula is C89H110F4N32O8. The summed E-state index contributed by atoms with van der Waals surface area (Å²) in [6.07, 6.45) is 21.9. The van der Waals surface area contributed by atoms with Crippen molar-refractivity contribution in [2.45, 2.75) is 185 Å². The largest absolute Gasteiger partial charge is 0.494 e. The Morgan fingerprint density at radius 2 is 0.699 bits per heavy atom. The van der Waals surface area contributed by atoms with Gasteiger partial charge in [-0.3, -0.25) is 18.7 Å². The van der Waals surface area contributed by atoms with E-state index in [1.165, 1.54) is 95.0 Å². The minimum Gasteiger partial charge on any atom is -0.494 e. The molecule has 4 fully saturated rings. The van der Waals surface area contributed by atoms with E-state index in [9.17, 15) is 38.0 Å². The quantitative estimate of drug-likeness (QED) is 0.0310. The number of rotatable bonds is 21. The topological polar surface area (TPSA) is 478 Å². The number of aliphatic hydroxyl groups is 4. The van der Waals surface area contributed by atoms with Gasteiger partial charge < -0.3 is 81.9 Å². The minimum absolute atomic E-state index is 0.0705. The predicted octanol–water partition coefficient (Wildman–Crippen LogP) is 10.3. The molecule has 0 radical (unpaired) electrons. The monoisotopic (exact) mass is 1830 g/mol. The maximum Gasteiger partial charge on any atom is 0.223 e. The van der Waals surface area contributed by atoms with Crippen LogP contribution in [0.4, 0.5) is 64.1 Å². The molecule has 20 rings (SSSR count). The number of aliphatic hydroxyl groups excluding tert-OH is 3. The molecule has 12 aromatic heterocycles. The molecule has 0 bridgehead atoms. The summed E-state index contributed by atoms with van der Waals surface area (Å²) in [5.74, 6) is 2.56. The van der Waals surface area contributed by atoms with Crippen LogP contribution in [0.3, 0.4) is 0 Å². The molecule has 0 aliphatic carbocycles. The van der Waals surface area contributed by atoms with Crippen LogP contribution >= 0.6 is 0 Å². The number of halogens is 4. The number of fused-ring (bicyclic) bond motifs is 12. The molecule has 4 saturated heterocycles. The molecule has 4 aromatic carbocycles. The van der Waals surface area contributed by atoms with Crippen LogP contribution in [-0.4, -0.2) is 243 Å². The lowest BCUT2D eigenvalue weighted by Gasteiger charge is -2.32. The van der Waals surface area contributed by atoms with Crippen LogP contribution in [0.1, 0.15) is 178 Å². The molecule has 12 N–H and O–H groups in total. The van der Waals surface area contributed by atoms with E-state index >= 15 is 0 Å². The Labute approximate surface area is 760 Å². The Kier molecular flexibility index (Phi) is 25.6. The number of aromatic nitrogens is 24. The number of nitrogens with two attached hydrogens (primary N) is 4. The SMILES string of the molecule is CC[C@](C)(O)Cn1cc(N2CCC[C@@H](c3nc4c5cc(F)c(OC)cc5nc(N)n4n3)C2)cn1.COc1cc(F)cc2c1nc(N)n1nc([C@@H]3CCCN(c4cnn([C@@H](C)[C@H](C)O)c4)C3)nc21.COc1cc(F)cc2c1nc(N)n1nc([C@@H]3CCCN(c4cnn([C@H](C)[C@@H](C)O)c4)C3)nc21.COc1cc2nc(N)n3nc([C@@H]4CCCN(c5cnn([C@@H](C)[C@H](C)O)c5)C4)nc3c2cc1F. The highest BCUT2D eigenvalue weighted by Gasteiger charge is 2.35. The summed E-state index contributed by atoms with van der Waals surface area (Å²) in [5, 5.41) is 78.2. The van der Waals surface area contributed by atoms with E-state index in [1.807, 2.05) is 84.2 Å². The summed E-state index contributed by atoms with van der Waals surface area (Å²) in [5.41, 5.74) is 31.6. The highest BCUT2D eigenvalue weighted by atomic mass is 19.1. The summed E-state index contributed by atoms with van der Waals surface area (Å²) in [4.78, 5) is 45.5. The van der Waals surface area contributed by atoms with Crippen LogP contribution in [0, 0.1) is 23.3 Å². The second-order valence-electron chi connectivity index (χ2n) is 35.1. The summed E-state index contributed by atoms with van der Waals surface area (Å²) in [6.45, 7) is 21.7. The van der Waals surface area contributed by atoms with Crippen LogP contribution < -0.4 is 61.5 Å². The normalized spacial score (nSPS) is 18.6. The van der Waals surface area contributed by atoms with Gasteiger partial charge in [-0.1, -0.05) is 6.92 Å². The van der Waals surface area contributed by atoms with Gasteiger partial charge in [0.15, 0.2) is 69.0 Å². The molecule has 702 valence electrons. The van der Waals surface area contributed by atoms with Crippen LogP contribution in [0.15, 0.2) is 98.1 Å². The fourth-order valence-electron chi connectivity index (χ4n) is 17.5. The highest BCUT2D eigenvalue weighted by molar-refractivity contribution is 5.98. The number of hydrogen-bond donors (Lipinski definition) is 8. The standard InChI is InChI=1S/C23H29FN8O2.3C22H27FN8O2/c1-4-23(2,33)13-31-12-15(10-26-31)30-7-5-6-14(11-30)20-28-21-16-8-17(24)19(34-3)9-18(16)27-22(25)32(21)29-20;1-12(13(2)32)30-11-15(9-25-30)29-6-4-5-14(10-29)20-27-21-16-7-17(23)19(33-3)8-18(16)26-22(24)31(21)28-20;2*1-12(13(2)32)30-11-16(9-25-30)29-6-4-5-14(10-29)20-27-21-17-7-15(23)8-18(33-3)19(17)26-22(24)31(21)28-20/h8-10,12,14,33H,4-7,11,13H2,1-3H3,(H2,25,27);3*7-9,11-14,32H,4-6,10H2,1-3H3,(H2,24,26)/t14-,23+;2*12-,13-,14+;12-,13-,14-/m1001/s1. The van der Waals surface area contributed by atoms with Crippen LogP contribution in [0.2, 0.25) is 0 Å². The Bertz CT molecular complexity index is 6720. The maximum absolute atomic E-state index is 14.4. The lowest BCUT2D eigenvalue weighted by Crippen LogP contribution is -2.34. The van der Waals surface area contributed by atoms with Gasteiger partial charge in [-0.05, 0) is 131 Å². The molecule has 4 aliphatic heterocycles. The smallest absolute Gasteiger partial charge is 0.223 e. The Morgan fingerprint density at radius 3 is 1.01 bits per heavy atom. The number of benzene rings is 4. The van der Waals surface area contributed by atoms with E-state index in [0.717, 1.165) is 113 Å². The number of methoxy groups -OCH3 is 4. The van der Waals surface area contributed by atoms with Gasteiger partial charge in [0.05, 0.1) is 146 Å². The third kappa shape index (κ3) is 18.4. The Hall–Kier alpha value is -13.9. The molecule has 16 heterocycles. The fraction of sp³-hybridized carbons (Fsp3) is 0.461. The van der Waals surface area contributed by atoms with E-state index in [4.69, 9.17) is 61.8 Å². The van der Waals surface area contributed by atoms with Crippen molar-refractivity contribution in [3.63, 3.8) is 0 Å². The van der Waals surface area contributed by atoms with E-state index in [-0.39, 0.29) is 77.1 Å².